The Balaban J connectivity index is 3.61. The normalized spacial score (nSPS) is 11.2. The molecule has 0 fully saturated rings. The summed E-state index contributed by atoms with van der Waals surface area (Å²) in [5, 5.41) is 8.58. The summed E-state index contributed by atoms with van der Waals surface area (Å²) in [7, 11) is 0.773. The fourth-order valence-corrected chi connectivity index (χ4v) is 1.82. The van der Waals surface area contributed by atoms with Gasteiger partial charge in [0.05, 0.1) is 5.56 Å². The van der Waals surface area contributed by atoms with Crippen LogP contribution in [0.5, 0.6) is 0 Å². The largest absolute Gasteiger partial charge is 0.478 e. The van der Waals surface area contributed by atoms with Crippen molar-refractivity contribution >= 4 is 25.7 Å². The van der Waals surface area contributed by atoms with Gasteiger partial charge in [-0.1, -0.05) is 0 Å². The predicted octanol–water partition coefficient (Wildman–Crippen LogP) is 0.000600. The van der Waals surface area contributed by atoms with Gasteiger partial charge in [0.15, 0.2) is 0 Å². The monoisotopic (exact) mass is 237 g/mol. The number of carboxylic acids is 1. The van der Waals surface area contributed by atoms with E-state index in [-0.39, 0.29) is 0 Å². The zero-order valence-electron chi connectivity index (χ0n) is 6.52. The maximum atomic E-state index is 10.8. The SMILES string of the molecule is O=C(O)c1cc(=O)[nH]cc1S(=O)(=O)Cl. The standard InChI is InChI=1S/C6H4ClNO5S/c7-14(12,13)4-2-8-5(9)1-3(4)6(10)11/h1-2H,(H,8,9)(H,10,11). The highest BCUT2D eigenvalue weighted by Crippen LogP contribution is 2.17. The molecule has 8 heteroatoms. The molecule has 1 aromatic heterocycles. The molecule has 1 aromatic rings. The second kappa shape index (κ2) is 3.43. The van der Waals surface area contributed by atoms with Gasteiger partial charge < -0.3 is 10.1 Å². The molecule has 0 aliphatic heterocycles. The third kappa shape index (κ3) is 2.12. The zero-order chi connectivity index (χ0) is 10.9. The van der Waals surface area contributed by atoms with Crippen molar-refractivity contribution < 1.29 is 18.3 Å². The highest BCUT2D eigenvalue weighted by molar-refractivity contribution is 8.13. The molecule has 0 amide bonds. The minimum absolute atomic E-state index is 0.633. The zero-order valence-corrected chi connectivity index (χ0v) is 8.09. The van der Waals surface area contributed by atoms with Crippen molar-refractivity contribution in [2.45, 2.75) is 4.90 Å². The second-order valence-corrected chi connectivity index (χ2v) is 4.85. The number of hydrogen-bond acceptors (Lipinski definition) is 4. The number of nitrogens with one attached hydrogen (secondary N) is 1. The van der Waals surface area contributed by atoms with Crippen molar-refractivity contribution in [2.75, 3.05) is 0 Å². The van der Waals surface area contributed by atoms with Crippen LogP contribution in [-0.4, -0.2) is 24.5 Å². The van der Waals surface area contributed by atoms with Crippen LogP contribution < -0.4 is 5.56 Å². The van der Waals surface area contributed by atoms with Gasteiger partial charge in [-0.15, -0.1) is 0 Å². The molecule has 0 atom stereocenters. The van der Waals surface area contributed by atoms with E-state index in [0.717, 1.165) is 6.20 Å². The maximum Gasteiger partial charge on any atom is 0.337 e. The van der Waals surface area contributed by atoms with E-state index in [1.807, 2.05) is 4.98 Å². The number of halogens is 1. The molecule has 14 heavy (non-hydrogen) atoms. The molecule has 0 unspecified atom stereocenters. The molecule has 0 aliphatic rings. The first-order chi connectivity index (χ1) is 6.32. The van der Waals surface area contributed by atoms with E-state index in [9.17, 15) is 18.0 Å². The fourth-order valence-electron chi connectivity index (χ4n) is 0.827. The Morgan fingerprint density at radius 1 is 1.50 bits per heavy atom. The van der Waals surface area contributed by atoms with Crippen LogP contribution in [0.2, 0.25) is 0 Å². The molecule has 1 heterocycles. The minimum Gasteiger partial charge on any atom is -0.478 e. The van der Waals surface area contributed by atoms with E-state index in [0.29, 0.717) is 6.07 Å². The average Bonchev–Trinajstić information content (AvgIpc) is 2.01. The lowest BCUT2D eigenvalue weighted by Crippen LogP contribution is -2.13. The summed E-state index contributed by atoms with van der Waals surface area (Å²) in [6.07, 6.45) is 0.744. The van der Waals surface area contributed by atoms with Gasteiger partial charge in [-0.25, -0.2) is 13.2 Å². The van der Waals surface area contributed by atoms with Gasteiger partial charge in [-0.3, -0.25) is 4.79 Å². The second-order valence-electron chi connectivity index (χ2n) is 2.32. The van der Waals surface area contributed by atoms with E-state index in [1.165, 1.54) is 0 Å². The lowest BCUT2D eigenvalue weighted by atomic mass is 10.3. The van der Waals surface area contributed by atoms with Gasteiger partial charge in [-0.2, -0.15) is 0 Å². The van der Waals surface area contributed by atoms with Gasteiger partial charge in [-0.05, 0) is 0 Å². The van der Waals surface area contributed by atoms with Crippen LogP contribution in [0.4, 0.5) is 0 Å². The quantitative estimate of drug-likeness (QED) is 0.705. The molecule has 6 nitrogen and oxygen atoms in total. The molecular formula is C6H4ClNO5S. The molecule has 0 aromatic carbocycles. The number of carboxylic acid groups (broad SMARTS) is 1. The predicted molar refractivity (Wildman–Crippen MR) is 47.1 cm³/mol. The lowest BCUT2D eigenvalue weighted by molar-refractivity contribution is 0.0692. The highest BCUT2D eigenvalue weighted by Gasteiger charge is 2.20. The van der Waals surface area contributed by atoms with E-state index >= 15 is 0 Å². The summed E-state index contributed by atoms with van der Waals surface area (Å²) in [6.45, 7) is 0. The van der Waals surface area contributed by atoms with Gasteiger partial charge in [0.1, 0.15) is 4.90 Å². The van der Waals surface area contributed by atoms with Crippen LogP contribution in [0.1, 0.15) is 10.4 Å². The number of aromatic nitrogens is 1. The molecular weight excluding hydrogens is 234 g/mol. The van der Waals surface area contributed by atoms with Gasteiger partial charge in [0.25, 0.3) is 9.05 Å². The van der Waals surface area contributed by atoms with Crippen LogP contribution in [0.15, 0.2) is 22.0 Å². The van der Waals surface area contributed by atoms with Crippen molar-refractivity contribution in [1.29, 1.82) is 0 Å². The van der Waals surface area contributed by atoms with Crippen molar-refractivity contribution in [2.24, 2.45) is 0 Å². The molecule has 76 valence electrons. The van der Waals surface area contributed by atoms with Crippen LogP contribution >= 0.6 is 10.7 Å². The Morgan fingerprint density at radius 3 is 2.50 bits per heavy atom. The van der Waals surface area contributed by atoms with Crippen molar-refractivity contribution in [3.8, 4) is 0 Å². The Morgan fingerprint density at radius 2 is 2.07 bits per heavy atom. The first-order valence-electron chi connectivity index (χ1n) is 3.23. The third-order valence-corrected chi connectivity index (χ3v) is 2.74. The van der Waals surface area contributed by atoms with E-state index in [4.69, 9.17) is 15.8 Å². The Hall–Kier alpha value is -1.34. The summed E-state index contributed by atoms with van der Waals surface area (Å²) < 4.78 is 21.7. The fraction of sp³-hybridized carbons (Fsp3) is 0. The van der Waals surface area contributed by atoms with Crippen molar-refractivity contribution in [3.63, 3.8) is 0 Å². The number of carbonyl (C=O) groups is 1. The first kappa shape index (κ1) is 10.7. The van der Waals surface area contributed by atoms with E-state index in [2.05, 4.69) is 0 Å². The maximum absolute atomic E-state index is 10.8. The summed E-state index contributed by atoms with van der Waals surface area (Å²) in [4.78, 5) is 22.6. The van der Waals surface area contributed by atoms with Crippen molar-refractivity contribution in [3.05, 3.63) is 28.2 Å². The molecule has 0 bridgehead atoms. The Kier molecular flexibility index (Phi) is 2.63. The summed E-state index contributed by atoms with van der Waals surface area (Å²) in [5.41, 5.74) is -1.37. The van der Waals surface area contributed by atoms with Crippen LogP contribution in [-0.2, 0) is 9.05 Å². The van der Waals surface area contributed by atoms with Crippen LogP contribution in [0.25, 0.3) is 0 Å². The summed E-state index contributed by atoms with van der Waals surface area (Å²) >= 11 is 0. The molecule has 2 N–H and O–H groups in total. The number of aromatic carboxylic acids is 1. The Labute approximate surface area is 82.6 Å². The number of rotatable bonds is 2. The number of pyridine rings is 1. The van der Waals surface area contributed by atoms with Crippen LogP contribution in [0, 0.1) is 0 Å². The van der Waals surface area contributed by atoms with Gasteiger partial charge in [0.2, 0.25) is 5.56 Å². The minimum atomic E-state index is -4.17. The molecule has 1 rings (SSSR count). The number of aromatic amines is 1. The van der Waals surface area contributed by atoms with Crippen molar-refractivity contribution in [1.82, 2.24) is 4.98 Å². The van der Waals surface area contributed by atoms with Crippen LogP contribution in [0.3, 0.4) is 0 Å². The smallest absolute Gasteiger partial charge is 0.337 e. The van der Waals surface area contributed by atoms with E-state index in [1.54, 1.807) is 0 Å². The molecule has 0 radical (unpaired) electrons. The Bertz CT molecular complexity index is 531. The lowest BCUT2D eigenvalue weighted by Gasteiger charge is -1.99. The molecule has 0 saturated heterocycles. The molecule has 0 spiro atoms. The topological polar surface area (TPSA) is 104 Å². The first-order valence-corrected chi connectivity index (χ1v) is 5.54. The molecule has 0 aliphatic carbocycles. The summed E-state index contributed by atoms with van der Waals surface area (Å²) in [5.74, 6) is -1.53. The number of hydrogen-bond donors (Lipinski definition) is 2. The van der Waals surface area contributed by atoms with E-state index < -0.39 is 31.0 Å². The molecule has 0 saturated carbocycles. The average molecular weight is 238 g/mol. The van der Waals surface area contributed by atoms with Gasteiger partial charge in [0, 0.05) is 22.9 Å². The number of H-pyrrole nitrogens is 1. The third-order valence-electron chi connectivity index (χ3n) is 1.38. The van der Waals surface area contributed by atoms with Gasteiger partial charge >= 0.3 is 5.97 Å². The summed E-state index contributed by atoms with van der Waals surface area (Å²) in [6, 6.07) is 0.650. The highest BCUT2D eigenvalue weighted by atomic mass is 35.7.